The summed E-state index contributed by atoms with van der Waals surface area (Å²) in [5, 5.41) is 0.261. The molecule has 0 spiro atoms. The highest BCUT2D eigenvalue weighted by molar-refractivity contribution is 6.29. The van der Waals surface area contributed by atoms with Crippen molar-refractivity contribution in [3.63, 3.8) is 0 Å². The molecule has 1 rings (SSSR count). The largest absolute Gasteiger partial charge is 0.493 e. The zero-order valence-electron chi connectivity index (χ0n) is 8.64. The van der Waals surface area contributed by atoms with Gasteiger partial charge in [-0.25, -0.2) is 4.98 Å². The summed E-state index contributed by atoms with van der Waals surface area (Å²) < 4.78 is 40.7. The van der Waals surface area contributed by atoms with Crippen molar-refractivity contribution in [3.05, 3.63) is 23.0 Å². The molecule has 0 unspecified atom stereocenters. The zero-order chi connectivity index (χ0) is 12.2. The Bertz CT molecular complexity index is 354. The Hall–Kier alpha value is -0.970. The number of hydrogen-bond donors (Lipinski definition) is 0. The SMILES string of the molecule is Cc1cnc(Cl)cc1OCCCC(F)(F)F. The normalized spacial score (nSPS) is 11.6. The fourth-order valence-corrected chi connectivity index (χ4v) is 1.24. The number of ether oxygens (including phenoxy) is 1. The maximum Gasteiger partial charge on any atom is 0.389 e. The van der Waals surface area contributed by atoms with E-state index in [0.29, 0.717) is 5.75 Å². The molecular weight excluding hydrogens is 243 g/mol. The van der Waals surface area contributed by atoms with Crippen LogP contribution in [0.4, 0.5) is 13.2 Å². The molecule has 0 atom stereocenters. The first-order valence-corrected chi connectivity index (χ1v) is 5.08. The van der Waals surface area contributed by atoms with Gasteiger partial charge in [0.15, 0.2) is 0 Å². The molecule has 0 aliphatic heterocycles. The van der Waals surface area contributed by atoms with Crippen molar-refractivity contribution < 1.29 is 17.9 Å². The van der Waals surface area contributed by atoms with Gasteiger partial charge in [0.25, 0.3) is 0 Å². The monoisotopic (exact) mass is 253 g/mol. The summed E-state index contributed by atoms with van der Waals surface area (Å²) in [6, 6.07) is 1.49. The van der Waals surface area contributed by atoms with Crippen LogP contribution in [0.1, 0.15) is 18.4 Å². The first kappa shape index (κ1) is 13.1. The number of hydrogen-bond acceptors (Lipinski definition) is 2. The molecule has 1 heterocycles. The van der Waals surface area contributed by atoms with Crippen LogP contribution in [0.25, 0.3) is 0 Å². The quantitative estimate of drug-likeness (QED) is 0.602. The number of nitrogens with zero attached hydrogens (tertiary/aromatic N) is 1. The lowest BCUT2D eigenvalue weighted by Gasteiger charge is -2.10. The molecule has 0 fully saturated rings. The van der Waals surface area contributed by atoms with Crippen molar-refractivity contribution in [2.45, 2.75) is 25.9 Å². The van der Waals surface area contributed by atoms with Crippen LogP contribution in [0.3, 0.4) is 0 Å². The van der Waals surface area contributed by atoms with Crippen LogP contribution in [-0.2, 0) is 0 Å². The van der Waals surface area contributed by atoms with E-state index in [2.05, 4.69) is 4.98 Å². The van der Waals surface area contributed by atoms with Gasteiger partial charge in [-0.2, -0.15) is 13.2 Å². The summed E-state index contributed by atoms with van der Waals surface area (Å²) in [5.74, 6) is 0.474. The minimum atomic E-state index is -4.13. The molecule has 0 aliphatic rings. The minimum absolute atomic E-state index is 0.0146. The fourth-order valence-electron chi connectivity index (χ4n) is 1.09. The van der Waals surface area contributed by atoms with E-state index in [1.807, 2.05) is 0 Å². The van der Waals surface area contributed by atoms with Gasteiger partial charge in [-0.3, -0.25) is 0 Å². The molecule has 90 valence electrons. The molecule has 0 bridgehead atoms. The third-order valence-corrected chi connectivity index (χ3v) is 2.09. The van der Waals surface area contributed by atoms with E-state index in [-0.39, 0.29) is 18.2 Å². The molecule has 0 aromatic carbocycles. The maximum atomic E-state index is 11.8. The number of pyridine rings is 1. The van der Waals surface area contributed by atoms with Gasteiger partial charge in [-0.1, -0.05) is 11.6 Å². The van der Waals surface area contributed by atoms with E-state index < -0.39 is 12.6 Å². The number of halogens is 4. The number of aromatic nitrogens is 1. The maximum absolute atomic E-state index is 11.8. The average molecular weight is 254 g/mol. The Morgan fingerprint density at radius 2 is 2.12 bits per heavy atom. The summed E-state index contributed by atoms with van der Waals surface area (Å²) in [6.07, 6.45) is -3.52. The summed E-state index contributed by atoms with van der Waals surface area (Å²) in [4.78, 5) is 3.81. The summed E-state index contributed by atoms with van der Waals surface area (Å²) in [6.45, 7) is 1.77. The van der Waals surface area contributed by atoms with Gasteiger partial charge in [0.1, 0.15) is 10.9 Å². The Kier molecular flexibility index (Phi) is 4.41. The standard InChI is InChI=1S/C10H11ClF3NO/c1-7-6-15-9(11)5-8(7)16-4-2-3-10(12,13)14/h5-6H,2-4H2,1H3. The predicted molar refractivity (Wildman–Crippen MR) is 54.8 cm³/mol. The molecule has 0 aliphatic carbocycles. The molecular formula is C10H11ClF3NO. The van der Waals surface area contributed by atoms with Crippen LogP contribution in [0.15, 0.2) is 12.3 Å². The van der Waals surface area contributed by atoms with Gasteiger partial charge in [-0.05, 0) is 13.3 Å². The van der Waals surface area contributed by atoms with Gasteiger partial charge >= 0.3 is 6.18 Å². The molecule has 16 heavy (non-hydrogen) atoms. The van der Waals surface area contributed by atoms with Gasteiger partial charge in [-0.15, -0.1) is 0 Å². The lowest BCUT2D eigenvalue weighted by Crippen LogP contribution is -2.10. The molecule has 1 aromatic rings. The van der Waals surface area contributed by atoms with E-state index >= 15 is 0 Å². The van der Waals surface area contributed by atoms with E-state index in [1.165, 1.54) is 12.3 Å². The summed E-state index contributed by atoms with van der Waals surface area (Å²) in [5.41, 5.74) is 0.747. The van der Waals surface area contributed by atoms with Gasteiger partial charge in [0, 0.05) is 24.2 Å². The highest BCUT2D eigenvalue weighted by Crippen LogP contribution is 2.23. The van der Waals surface area contributed by atoms with E-state index in [4.69, 9.17) is 16.3 Å². The van der Waals surface area contributed by atoms with Crippen molar-refractivity contribution in [2.75, 3.05) is 6.61 Å². The van der Waals surface area contributed by atoms with Gasteiger partial charge in [0.05, 0.1) is 6.61 Å². The Labute approximate surface area is 96.4 Å². The van der Waals surface area contributed by atoms with Crippen LogP contribution < -0.4 is 4.74 Å². The molecule has 6 heteroatoms. The molecule has 0 radical (unpaired) electrons. The van der Waals surface area contributed by atoms with Crippen molar-refractivity contribution in [2.24, 2.45) is 0 Å². The number of rotatable bonds is 4. The highest BCUT2D eigenvalue weighted by Gasteiger charge is 2.26. The van der Waals surface area contributed by atoms with Crippen molar-refractivity contribution in [1.82, 2.24) is 4.98 Å². The van der Waals surface area contributed by atoms with Crippen LogP contribution in [-0.4, -0.2) is 17.8 Å². The number of aryl methyl sites for hydroxylation is 1. The molecule has 2 nitrogen and oxygen atoms in total. The van der Waals surface area contributed by atoms with Crippen LogP contribution in [0.5, 0.6) is 5.75 Å². The van der Waals surface area contributed by atoms with Crippen LogP contribution in [0.2, 0.25) is 5.15 Å². The lowest BCUT2D eigenvalue weighted by molar-refractivity contribution is -0.136. The second-order valence-corrected chi connectivity index (χ2v) is 3.73. The molecule has 0 saturated carbocycles. The third-order valence-electron chi connectivity index (χ3n) is 1.88. The summed E-state index contributed by atoms with van der Waals surface area (Å²) in [7, 11) is 0. The van der Waals surface area contributed by atoms with Crippen LogP contribution in [0, 0.1) is 6.92 Å². The summed E-state index contributed by atoms with van der Waals surface area (Å²) >= 11 is 5.63. The average Bonchev–Trinajstić information content (AvgIpc) is 2.16. The van der Waals surface area contributed by atoms with Gasteiger partial charge in [0.2, 0.25) is 0 Å². The lowest BCUT2D eigenvalue weighted by atomic mass is 10.3. The van der Waals surface area contributed by atoms with Crippen molar-refractivity contribution in [1.29, 1.82) is 0 Å². The predicted octanol–water partition coefficient (Wildman–Crippen LogP) is 3.76. The van der Waals surface area contributed by atoms with E-state index in [1.54, 1.807) is 6.92 Å². The van der Waals surface area contributed by atoms with Crippen molar-refractivity contribution >= 4 is 11.6 Å². The van der Waals surface area contributed by atoms with Gasteiger partial charge < -0.3 is 4.74 Å². The second kappa shape index (κ2) is 5.39. The second-order valence-electron chi connectivity index (χ2n) is 3.34. The fraction of sp³-hybridized carbons (Fsp3) is 0.500. The first-order chi connectivity index (χ1) is 7.38. The Morgan fingerprint density at radius 3 is 2.75 bits per heavy atom. The van der Waals surface area contributed by atoms with E-state index in [9.17, 15) is 13.2 Å². The third kappa shape index (κ3) is 4.70. The first-order valence-electron chi connectivity index (χ1n) is 4.70. The topological polar surface area (TPSA) is 22.1 Å². The molecule has 0 saturated heterocycles. The minimum Gasteiger partial charge on any atom is -0.493 e. The smallest absolute Gasteiger partial charge is 0.389 e. The number of alkyl halides is 3. The zero-order valence-corrected chi connectivity index (χ0v) is 9.40. The molecule has 0 amide bonds. The Balaban J connectivity index is 2.40. The van der Waals surface area contributed by atoms with Crippen LogP contribution >= 0.6 is 11.6 Å². The molecule has 1 aromatic heterocycles. The molecule has 0 N–H and O–H groups in total. The highest BCUT2D eigenvalue weighted by atomic mass is 35.5. The van der Waals surface area contributed by atoms with Crippen molar-refractivity contribution in [3.8, 4) is 5.75 Å². The van der Waals surface area contributed by atoms with E-state index in [0.717, 1.165) is 5.56 Å². The Morgan fingerprint density at radius 1 is 1.44 bits per heavy atom.